The molecule has 1 aromatic rings. The van der Waals surface area contributed by atoms with Crippen molar-refractivity contribution in [2.45, 2.75) is 25.4 Å². The van der Waals surface area contributed by atoms with Gasteiger partial charge in [0.25, 0.3) is 0 Å². The van der Waals surface area contributed by atoms with Gasteiger partial charge in [0.2, 0.25) is 5.91 Å². The summed E-state index contributed by atoms with van der Waals surface area (Å²) >= 11 is 0. The second-order valence-electron chi connectivity index (χ2n) is 7.53. The van der Waals surface area contributed by atoms with Crippen LogP contribution in [0.25, 0.3) is 0 Å². The molecule has 154 valence electrons. The fraction of sp³-hybridized carbons (Fsp3) is 0.600. The summed E-state index contributed by atoms with van der Waals surface area (Å²) in [5.74, 6) is 2.14. The highest BCUT2D eigenvalue weighted by Gasteiger charge is 2.42. The smallest absolute Gasteiger partial charge is 0.220 e. The van der Waals surface area contributed by atoms with Gasteiger partial charge in [-0.15, -0.1) is 0 Å². The van der Waals surface area contributed by atoms with Gasteiger partial charge in [-0.1, -0.05) is 0 Å². The maximum absolute atomic E-state index is 11.7. The number of hydrogen-bond donors (Lipinski definition) is 3. The molecule has 2 aliphatic heterocycles. The van der Waals surface area contributed by atoms with E-state index in [1.807, 2.05) is 0 Å². The number of methoxy groups -OCH3 is 2. The van der Waals surface area contributed by atoms with E-state index in [1.165, 1.54) is 0 Å². The second-order valence-corrected chi connectivity index (χ2v) is 7.53. The number of carbonyl (C=O) groups is 1. The van der Waals surface area contributed by atoms with Gasteiger partial charge in [0, 0.05) is 50.6 Å². The molecule has 1 aromatic carbocycles. The van der Waals surface area contributed by atoms with Gasteiger partial charge in [0.05, 0.1) is 20.3 Å². The number of nitrogens with one attached hydrogen (secondary N) is 2. The molecule has 0 aliphatic carbocycles. The predicted octanol–water partition coefficient (Wildman–Crippen LogP) is 0.915. The first-order chi connectivity index (χ1) is 13.5. The molecule has 2 heterocycles. The number of hydrogen-bond acceptors (Lipinski definition) is 5. The first-order valence-corrected chi connectivity index (χ1v) is 9.62. The molecule has 1 amide bonds. The largest absolute Gasteiger partial charge is 0.497 e. The third-order valence-electron chi connectivity index (χ3n) is 5.62. The zero-order valence-electron chi connectivity index (χ0n) is 16.8. The summed E-state index contributed by atoms with van der Waals surface area (Å²) in [6.07, 6.45) is 1.85. The number of guanidine groups is 1. The number of rotatable bonds is 5. The van der Waals surface area contributed by atoms with E-state index in [0.29, 0.717) is 23.5 Å². The van der Waals surface area contributed by atoms with E-state index in [9.17, 15) is 9.90 Å². The molecule has 2 aliphatic rings. The molecule has 3 N–H and O–H groups in total. The molecule has 2 atom stereocenters. The Balaban J connectivity index is 1.65. The molecule has 0 bridgehead atoms. The third-order valence-corrected chi connectivity index (χ3v) is 5.62. The molecule has 3 rings (SSSR count). The molecule has 2 fully saturated rings. The summed E-state index contributed by atoms with van der Waals surface area (Å²) in [7, 11) is 4.90. The van der Waals surface area contributed by atoms with Crippen molar-refractivity contribution < 1.29 is 19.4 Å². The van der Waals surface area contributed by atoms with E-state index in [2.05, 4.69) is 20.5 Å². The SMILES string of the molecule is CN=C(NCC(O)c1cc(OC)ccc1OC)N1CCCC2(CNC(=O)C2)C1. The highest BCUT2D eigenvalue weighted by Crippen LogP contribution is 2.36. The minimum Gasteiger partial charge on any atom is -0.497 e. The van der Waals surface area contributed by atoms with Crippen LogP contribution < -0.4 is 20.1 Å². The molecule has 0 saturated carbocycles. The Kier molecular flexibility index (Phi) is 6.28. The van der Waals surface area contributed by atoms with Crippen molar-refractivity contribution in [2.24, 2.45) is 10.4 Å². The van der Waals surface area contributed by atoms with Gasteiger partial charge in [-0.05, 0) is 31.0 Å². The van der Waals surface area contributed by atoms with Crippen LogP contribution in [0.4, 0.5) is 0 Å². The minimum atomic E-state index is -0.782. The van der Waals surface area contributed by atoms with E-state index in [-0.39, 0.29) is 17.9 Å². The average Bonchev–Trinajstić information content (AvgIpc) is 3.07. The van der Waals surface area contributed by atoms with Gasteiger partial charge in [-0.3, -0.25) is 9.79 Å². The number of benzene rings is 1. The minimum absolute atomic E-state index is 0.0123. The van der Waals surface area contributed by atoms with Gasteiger partial charge in [0.15, 0.2) is 5.96 Å². The molecular formula is C20H30N4O4. The fourth-order valence-corrected chi connectivity index (χ4v) is 4.16. The van der Waals surface area contributed by atoms with Crippen molar-refractivity contribution in [3.63, 3.8) is 0 Å². The molecule has 28 heavy (non-hydrogen) atoms. The highest BCUT2D eigenvalue weighted by atomic mass is 16.5. The van der Waals surface area contributed by atoms with Gasteiger partial charge < -0.3 is 30.1 Å². The number of piperidine rings is 1. The van der Waals surface area contributed by atoms with Crippen molar-refractivity contribution in [3.05, 3.63) is 23.8 Å². The third kappa shape index (κ3) is 4.32. The lowest BCUT2D eigenvalue weighted by molar-refractivity contribution is -0.119. The number of likely N-dealkylation sites (tertiary alicyclic amines) is 1. The van der Waals surface area contributed by atoms with Crippen LogP contribution in [-0.2, 0) is 4.79 Å². The predicted molar refractivity (Wildman–Crippen MR) is 107 cm³/mol. The number of aliphatic imine (C=N–C) groups is 1. The highest BCUT2D eigenvalue weighted by molar-refractivity contribution is 5.81. The van der Waals surface area contributed by atoms with Crippen LogP contribution in [0.3, 0.4) is 0 Å². The number of nitrogens with zero attached hydrogens (tertiary/aromatic N) is 2. The Morgan fingerprint density at radius 2 is 2.25 bits per heavy atom. The molecule has 1 spiro atoms. The first-order valence-electron chi connectivity index (χ1n) is 9.62. The van der Waals surface area contributed by atoms with Crippen molar-refractivity contribution in [2.75, 3.05) is 47.4 Å². The van der Waals surface area contributed by atoms with Crippen LogP contribution in [0.5, 0.6) is 11.5 Å². The van der Waals surface area contributed by atoms with Gasteiger partial charge >= 0.3 is 0 Å². The maximum atomic E-state index is 11.7. The Bertz CT molecular complexity index is 739. The zero-order valence-corrected chi connectivity index (χ0v) is 16.8. The van der Waals surface area contributed by atoms with E-state index < -0.39 is 6.10 Å². The molecule has 8 nitrogen and oxygen atoms in total. The number of ether oxygens (including phenoxy) is 2. The number of aliphatic hydroxyl groups excluding tert-OH is 1. The standard InChI is InChI=1S/C20H30N4O4/c1-21-19(24-8-4-7-20(13-24)10-18(26)23-12-20)22-11-16(25)15-9-14(27-2)5-6-17(15)28-3/h5-6,9,16,25H,4,7-8,10-13H2,1-3H3,(H,21,22)(H,23,26). The zero-order chi connectivity index (χ0) is 20.1. The normalized spacial score (nSPS) is 23.5. The summed E-state index contributed by atoms with van der Waals surface area (Å²) in [6, 6.07) is 5.36. The van der Waals surface area contributed by atoms with E-state index in [1.54, 1.807) is 39.5 Å². The van der Waals surface area contributed by atoms with Crippen molar-refractivity contribution >= 4 is 11.9 Å². The summed E-state index contributed by atoms with van der Waals surface area (Å²) < 4.78 is 10.6. The summed E-state index contributed by atoms with van der Waals surface area (Å²) in [4.78, 5) is 18.3. The maximum Gasteiger partial charge on any atom is 0.220 e. The Morgan fingerprint density at radius 1 is 1.43 bits per heavy atom. The summed E-state index contributed by atoms with van der Waals surface area (Å²) in [6.45, 7) is 2.68. The van der Waals surface area contributed by atoms with E-state index in [4.69, 9.17) is 9.47 Å². The van der Waals surface area contributed by atoms with Crippen molar-refractivity contribution in [1.29, 1.82) is 0 Å². The van der Waals surface area contributed by atoms with Crippen LogP contribution in [0.1, 0.15) is 30.9 Å². The lowest BCUT2D eigenvalue weighted by atomic mass is 9.79. The van der Waals surface area contributed by atoms with Crippen LogP contribution in [0.15, 0.2) is 23.2 Å². The van der Waals surface area contributed by atoms with Crippen molar-refractivity contribution in [1.82, 2.24) is 15.5 Å². The average molecular weight is 390 g/mol. The van der Waals surface area contributed by atoms with Crippen molar-refractivity contribution in [3.8, 4) is 11.5 Å². The Morgan fingerprint density at radius 3 is 2.89 bits per heavy atom. The van der Waals surface area contributed by atoms with Crippen LogP contribution >= 0.6 is 0 Å². The number of amides is 1. The number of aliphatic hydroxyl groups is 1. The van der Waals surface area contributed by atoms with Gasteiger partial charge in [0.1, 0.15) is 11.5 Å². The van der Waals surface area contributed by atoms with Crippen LogP contribution in [0.2, 0.25) is 0 Å². The van der Waals surface area contributed by atoms with Crippen LogP contribution in [-0.4, -0.2) is 69.3 Å². The monoisotopic (exact) mass is 390 g/mol. The summed E-state index contributed by atoms with van der Waals surface area (Å²) in [5.41, 5.74) is 0.646. The Labute approximate surface area is 165 Å². The van der Waals surface area contributed by atoms with Gasteiger partial charge in [-0.2, -0.15) is 0 Å². The molecular weight excluding hydrogens is 360 g/mol. The topological polar surface area (TPSA) is 95.4 Å². The number of carbonyl (C=O) groups excluding carboxylic acids is 1. The molecule has 2 unspecified atom stereocenters. The molecule has 0 aromatic heterocycles. The van der Waals surface area contributed by atoms with E-state index in [0.717, 1.165) is 38.4 Å². The molecule has 2 saturated heterocycles. The lowest BCUT2D eigenvalue weighted by Crippen LogP contribution is -2.51. The quantitative estimate of drug-likeness (QED) is 0.511. The van der Waals surface area contributed by atoms with Crippen LogP contribution in [0, 0.1) is 5.41 Å². The lowest BCUT2D eigenvalue weighted by Gasteiger charge is -2.41. The molecule has 0 radical (unpaired) electrons. The first kappa shape index (κ1) is 20.3. The molecule has 8 heteroatoms. The fourth-order valence-electron chi connectivity index (χ4n) is 4.16. The van der Waals surface area contributed by atoms with E-state index >= 15 is 0 Å². The summed E-state index contributed by atoms with van der Waals surface area (Å²) in [5, 5.41) is 16.9. The Hall–Kier alpha value is -2.48. The second kappa shape index (κ2) is 8.68. The van der Waals surface area contributed by atoms with Gasteiger partial charge in [-0.25, -0.2) is 0 Å².